The number of hydrogen-bond acceptors (Lipinski definition) is 4. The second-order valence-corrected chi connectivity index (χ2v) is 6.41. The Morgan fingerprint density at radius 1 is 0.880 bits per heavy atom. The van der Waals surface area contributed by atoms with Gasteiger partial charge in [-0.2, -0.15) is 0 Å². The molecular weight excluding hydrogens is 355 g/mol. The van der Waals surface area contributed by atoms with Crippen LogP contribution in [-0.2, 0) is 0 Å². The molecule has 0 saturated carbocycles. The number of halogens is 2. The Labute approximate surface area is 154 Å². The lowest BCUT2D eigenvalue weighted by molar-refractivity contribution is 1.32. The lowest BCUT2D eigenvalue weighted by atomic mass is 10.1. The van der Waals surface area contributed by atoms with Crippen LogP contribution < -0.4 is 10.6 Å². The third kappa shape index (κ3) is 2.95. The Morgan fingerprint density at radius 3 is 2.48 bits per heavy atom. The SMILES string of the molecule is CNc1c2cc(Nc3ccc(Cl)c(Cl)c3)ccc2nc2ncccc12. The lowest BCUT2D eigenvalue weighted by Gasteiger charge is -2.12. The van der Waals surface area contributed by atoms with Gasteiger partial charge in [-0.3, -0.25) is 0 Å². The van der Waals surface area contributed by atoms with Crippen LogP contribution in [0.2, 0.25) is 10.0 Å². The van der Waals surface area contributed by atoms with E-state index in [0.29, 0.717) is 10.0 Å². The summed E-state index contributed by atoms with van der Waals surface area (Å²) in [6, 6.07) is 15.4. The number of nitrogens with zero attached hydrogens (tertiary/aromatic N) is 2. The number of aromatic nitrogens is 2. The highest BCUT2D eigenvalue weighted by Gasteiger charge is 2.09. The average Bonchev–Trinajstić information content (AvgIpc) is 2.63. The highest BCUT2D eigenvalue weighted by molar-refractivity contribution is 6.42. The van der Waals surface area contributed by atoms with Gasteiger partial charge in [-0.1, -0.05) is 23.2 Å². The Kier molecular flexibility index (Phi) is 4.07. The van der Waals surface area contributed by atoms with E-state index in [0.717, 1.165) is 39.0 Å². The van der Waals surface area contributed by atoms with Crippen LogP contribution in [0.25, 0.3) is 21.9 Å². The van der Waals surface area contributed by atoms with Gasteiger partial charge >= 0.3 is 0 Å². The number of fused-ring (bicyclic) bond motifs is 2. The Morgan fingerprint density at radius 2 is 1.68 bits per heavy atom. The Balaban J connectivity index is 1.83. The molecule has 0 atom stereocenters. The number of rotatable bonds is 3. The van der Waals surface area contributed by atoms with E-state index in [-0.39, 0.29) is 0 Å². The van der Waals surface area contributed by atoms with Crippen LogP contribution in [0, 0.1) is 0 Å². The molecule has 25 heavy (non-hydrogen) atoms. The summed E-state index contributed by atoms with van der Waals surface area (Å²) < 4.78 is 0. The van der Waals surface area contributed by atoms with Crippen molar-refractivity contribution >= 4 is 62.2 Å². The van der Waals surface area contributed by atoms with Crippen LogP contribution in [0.15, 0.2) is 54.7 Å². The molecule has 0 aliphatic heterocycles. The molecule has 0 radical (unpaired) electrons. The normalized spacial score (nSPS) is 11.0. The van der Waals surface area contributed by atoms with Gasteiger partial charge in [-0.25, -0.2) is 9.97 Å². The van der Waals surface area contributed by atoms with Crippen molar-refractivity contribution in [1.29, 1.82) is 0 Å². The second-order valence-electron chi connectivity index (χ2n) is 5.60. The molecule has 124 valence electrons. The summed E-state index contributed by atoms with van der Waals surface area (Å²) in [6.45, 7) is 0. The first-order valence-electron chi connectivity index (χ1n) is 7.74. The van der Waals surface area contributed by atoms with Gasteiger partial charge < -0.3 is 10.6 Å². The van der Waals surface area contributed by atoms with Crippen LogP contribution >= 0.6 is 23.2 Å². The quantitative estimate of drug-likeness (QED) is 0.443. The zero-order valence-corrected chi connectivity index (χ0v) is 14.9. The Hall–Kier alpha value is -2.56. The molecule has 6 heteroatoms. The third-order valence-electron chi connectivity index (χ3n) is 4.01. The second kappa shape index (κ2) is 6.39. The molecule has 0 saturated heterocycles. The minimum Gasteiger partial charge on any atom is -0.387 e. The van der Waals surface area contributed by atoms with Gasteiger partial charge in [0.15, 0.2) is 5.65 Å². The standard InChI is InChI=1S/C19H14Cl2N4/c1-22-18-13-3-2-8-23-19(13)25-17-7-5-11(9-14(17)18)24-12-4-6-15(20)16(21)10-12/h2-10,24H,1H3,(H,22,23,25). The monoisotopic (exact) mass is 368 g/mol. The van der Waals surface area contributed by atoms with Crippen molar-refractivity contribution in [1.82, 2.24) is 9.97 Å². The van der Waals surface area contributed by atoms with E-state index in [9.17, 15) is 0 Å². The number of benzene rings is 2. The molecule has 2 aromatic heterocycles. The van der Waals surface area contributed by atoms with Gasteiger partial charge in [0, 0.05) is 35.4 Å². The average molecular weight is 369 g/mol. The molecule has 0 aliphatic rings. The zero-order valence-electron chi connectivity index (χ0n) is 13.3. The summed E-state index contributed by atoms with van der Waals surface area (Å²) in [5, 5.41) is 9.68. The van der Waals surface area contributed by atoms with E-state index in [2.05, 4.69) is 26.7 Å². The highest BCUT2D eigenvalue weighted by atomic mass is 35.5. The number of nitrogens with one attached hydrogen (secondary N) is 2. The summed E-state index contributed by atoms with van der Waals surface area (Å²) in [6.07, 6.45) is 1.75. The fourth-order valence-electron chi connectivity index (χ4n) is 2.86. The van der Waals surface area contributed by atoms with E-state index >= 15 is 0 Å². The van der Waals surface area contributed by atoms with Crippen molar-refractivity contribution in [3.05, 3.63) is 64.8 Å². The fourth-order valence-corrected chi connectivity index (χ4v) is 3.16. The molecule has 2 aromatic carbocycles. The third-order valence-corrected chi connectivity index (χ3v) is 4.75. The van der Waals surface area contributed by atoms with Crippen molar-refractivity contribution in [3.8, 4) is 0 Å². The highest BCUT2D eigenvalue weighted by Crippen LogP contribution is 2.33. The van der Waals surface area contributed by atoms with Gasteiger partial charge in [0.25, 0.3) is 0 Å². The maximum atomic E-state index is 6.09. The van der Waals surface area contributed by atoms with Crippen molar-refractivity contribution in [2.45, 2.75) is 0 Å². The van der Waals surface area contributed by atoms with Crippen LogP contribution in [0.1, 0.15) is 0 Å². The van der Waals surface area contributed by atoms with Gasteiger partial charge in [-0.15, -0.1) is 0 Å². The lowest BCUT2D eigenvalue weighted by Crippen LogP contribution is -1.97. The van der Waals surface area contributed by atoms with E-state index in [4.69, 9.17) is 23.2 Å². The molecule has 4 nitrogen and oxygen atoms in total. The van der Waals surface area contributed by atoms with Crippen LogP contribution in [-0.4, -0.2) is 17.0 Å². The van der Waals surface area contributed by atoms with E-state index in [1.165, 1.54) is 0 Å². The van der Waals surface area contributed by atoms with Crippen molar-refractivity contribution in [2.75, 3.05) is 17.7 Å². The van der Waals surface area contributed by atoms with Gasteiger partial charge in [0.05, 0.1) is 21.2 Å². The first-order chi connectivity index (χ1) is 12.2. The summed E-state index contributed by atoms with van der Waals surface area (Å²) in [4.78, 5) is 9.00. The maximum Gasteiger partial charge on any atom is 0.161 e. The topological polar surface area (TPSA) is 49.8 Å². The molecule has 0 aliphatic carbocycles. The van der Waals surface area contributed by atoms with Gasteiger partial charge in [0.2, 0.25) is 0 Å². The van der Waals surface area contributed by atoms with Crippen molar-refractivity contribution < 1.29 is 0 Å². The van der Waals surface area contributed by atoms with E-state index in [1.54, 1.807) is 18.3 Å². The minimum absolute atomic E-state index is 0.516. The molecule has 0 amide bonds. The molecule has 2 N–H and O–H groups in total. The van der Waals surface area contributed by atoms with Crippen LogP contribution in [0.5, 0.6) is 0 Å². The molecule has 4 aromatic rings. The first kappa shape index (κ1) is 15.9. The molecule has 0 fully saturated rings. The van der Waals surface area contributed by atoms with Crippen molar-refractivity contribution in [3.63, 3.8) is 0 Å². The molecule has 0 spiro atoms. The van der Waals surface area contributed by atoms with E-state index in [1.807, 2.05) is 37.4 Å². The van der Waals surface area contributed by atoms with Gasteiger partial charge in [0.1, 0.15) is 0 Å². The predicted molar refractivity (Wildman–Crippen MR) is 106 cm³/mol. The summed E-state index contributed by atoms with van der Waals surface area (Å²) >= 11 is 12.1. The summed E-state index contributed by atoms with van der Waals surface area (Å²) in [5.41, 5.74) is 4.42. The molecule has 0 unspecified atom stereocenters. The minimum atomic E-state index is 0.516. The first-order valence-corrected chi connectivity index (χ1v) is 8.49. The van der Waals surface area contributed by atoms with Gasteiger partial charge in [-0.05, 0) is 48.5 Å². The largest absolute Gasteiger partial charge is 0.387 e. The summed E-state index contributed by atoms with van der Waals surface area (Å²) in [7, 11) is 1.90. The predicted octanol–water partition coefficient (Wildman–Crippen LogP) is 5.88. The van der Waals surface area contributed by atoms with E-state index < -0.39 is 0 Å². The van der Waals surface area contributed by atoms with Crippen LogP contribution in [0.4, 0.5) is 17.1 Å². The number of pyridine rings is 2. The molecule has 0 bridgehead atoms. The fraction of sp³-hybridized carbons (Fsp3) is 0.0526. The van der Waals surface area contributed by atoms with Crippen molar-refractivity contribution in [2.24, 2.45) is 0 Å². The molecule has 4 rings (SSSR count). The number of hydrogen-bond donors (Lipinski definition) is 2. The maximum absolute atomic E-state index is 6.09. The number of anilines is 3. The smallest absolute Gasteiger partial charge is 0.161 e. The molecule has 2 heterocycles. The summed E-state index contributed by atoms with van der Waals surface area (Å²) in [5.74, 6) is 0. The van der Waals surface area contributed by atoms with Crippen LogP contribution in [0.3, 0.4) is 0 Å². The Bertz CT molecular complexity index is 1100. The molecular formula is C19H14Cl2N4. The zero-order chi connectivity index (χ0) is 17.4.